The lowest BCUT2D eigenvalue weighted by Crippen LogP contribution is -2.29. The van der Waals surface area contributed by atoms with Gasteiger partial charge < -0.3 is 16.6 Å². The molecule has 0 saturated heterocycles. The van der Waals surface area contributed by atoms with E-state index in [1.807, 2.05) is 0 Å². The van der Waals surface area contributed by atoms with Crippen LogP contribution >= 0.6 is 0 Å². The lowest BCUT2D eigenvalue weighted by Gasteiger charge is -2.03. The quantitative estimate of drug-likeness (QED) is 0.315. The smallest absolute Gasteiger partial charge is 0.320 e. The first kappa shape index (κ1) is 15.3. The van der Waals surface area contributed by atoms with Crippen molar-refractivity contribution in [1.82, 2.24) is 0 Å². The molecule has 14 heavy (non-hydrogen) atoms. The van der Waals surface area contributed by atoms with Crippen LogP contribution in [0.25, 0.3) is 0 Å². The van der Waals surface area contributed by atoms with Crippen LogP contribution in [0.2, 0.25) is 0 Å². The van der Waals surface area contributed by atoms with Crippen LogP contribution in [0.15, 0.2) is 4.99 Å². The minimum absolute atomic E-state index is 0.520. The summed E-state index contributed by atoms with van der Waals surface area (Å²) in [5.74, 6) is -0.933. The van der Waals surface area contributed by atoms with Crippen LogP contribution in [0.3, 0.4) is 0 Å². The maximum atomic E-state index is 10.1. The highest BCUT2D eigenvalue weighted by molar-refractivity contribution is 5.72. The first-order valence-electron chi connectivity index (χ1n) is 4.24. The number of hydrogen-bond acceptors (Lipinski definition) is 5. The van der Waals surface area contributed by atoms with Gasteiger partial charge in [0.15, 0.2) is 0 Å². The molecule has 0 rings (SSSR count). The fourth-order valence-electron chi connectivity index (χ4n) is 0.632. The summed E-state index contributed by atoms with van der Waals surface area (Å²) in [4.78, 5) is 21.9. The Labute approximate surface area is 83.0 Å². The van der Waals surface area contributed by atoms with Crippen molar-refractivity contribution in [2.45, 2.75) is 25.3 Å². The van der Waals surface area contributed by atoms with Crippen molar-refractivity contribution >= 4 is 12.0 Å². The molecule has 0 fully saturated rings. The number of nitrogens with zero attached hydrogens (tertiary/aromatic N) is 1. The Morgan fingerprint density at radius 1 is 1.57 bits per heavy atom. The summed E-state index contributed by atoms with van der Waals surface area (Å²) in [6, 6.07) is -0.716. The van der Waals surface area contributed by atoms with Gasteiger partial charge >= 0.3 is 5.97 Å². The van der Waals surface area contributed by atoms with E-state index in [2.05, 4.69) is 4.99 Å². The van der Waals surface area contributed by atoms with Crippen LogP contribution in [0, 0.1) is 0 Å². The number of carboxylic acids is 1. The second-order valence-corrected chi connectivity index (χ2v) is 2.54. The molecule has 6 nitrogen and oxygen atoms in total. The molecule has 0 aromatic rings. The van der Waals surface area contributed by atoms with Crippen molar-refractivity contribution < 1.29 is 14.7 Å². The van der Waals surface area contributed by atoms with E-state index in [1.165, 1.54) is 13.1 Å². The molecule has 0 amide bonds. The number of carbonyl (C=O) groups is 1. The molecule has 0 unspecified atom stereocenters. The van der Waals surface area contributed by atoms with Crippen LogP contribution < -0.4 is 11.5 Å². The third-order valence-electron chi connectivity index (χ3n) is 1.38. The molecule has 0 aromatic carbocycles. The number of rotatable bonds is 5. The summed E-state index contributed by atoms with van der Waals surface area (Å²) in [7, 11) is 1.38. The van der Waals surface area contributed by atoms with E-state index in [-0.39, 0.29) is 0 Å². The normalized spacial score (nSPS) is 10.5. The topological polar surface area (TPSA) is 119 Å². The maximum Gasteiger partial charge on any atom is 0.320 e. The van der Waals surface area contributed by atoms with Gasteiger partial charge in [-0.25, -0.2) is 9.79 Å². The summed E-state index contributed by atoms with van der Waals surface area (Å²) >= 11 is 0. The number of carbonyl (C=O) groups excluding carboxylic acids is 1. The van der Waals surface area contributed by atoms with Crippen LogP contribution in [-0.4, -0.2) is 36.8 Å². The monoisotopic (exact) mass is 203 g/mol. The van der Waals surface area contributed by atoms with Gasteiger partial charge in [-0.3, -0.25) is 4.79 Å². The molecule has 0 radical (unpaired) electrons. The Balaban J connectivity index is 0. The van der Waals surface area contributed by atoms with Gasteiger partial charge in [-0.1, -0.05) is 6.42 Å². The van der Waals surface area contributed by atoms with Gasteiger partial charge in [0.05, 0.1) is 0 Å². The Morgan fingerprint density at radius 2 is 2.07 bits per heavy atom. The number of unbranched alkanes of at least 4 members (excludes halogenated alkanes) is 1. The Morgan fingerprint density at radius 3 is 2.36 bits per heavy atom. The van der Waals surface area contributed by atoms with Crippen molar-refractivity contribution in [2.24, 2.45) is 16.5 Å². The second kappa shape index (κ2) is 11.8. The van der Waals surface area contributed by atoms with Crippen LogP contribution in [0.4, 0.5) is 0 Å². The van der Waals surface area contributed by atoms with E-state index in [4.69, 9.17) is 21.4 Å². The Kier molecular flexibility index (Phi) is 12.8. The first-order chi connectivity index (χ1) is 6.59. The van der Waals surface area contributed by atoms with Crippen molar-refractivity contribution in [3.8, 4) is 0 Å². The van der Waals surface area contributed by atoms with Crippen molar-refractivity contribution in [2.75, 3.05) is 13.6 Å². The summed E-state index contributed by atoms with van der Waals surface area (Å²) < 4.78 is 0. The number of carboxylic acid groups (broad SMARTS) is 1. The van der Waals surface area contributed by atoms with Crippen molar-refractivity contribution in [1.29, 1.82) is 0 Å². The van der Waals surface area contributed by atoms with E-state index in [0.717, 1.165) is 12.8 Å². The van der Waals surface area contributed by atoms with Gasteiger partial charge in [0.2, 0.25) is 6.08 Å². The molecule has 6 heteroatoms. The van der Waals surface area contributed by atoms with E-state index in [9.17, 15) is 4.79 Å². The molecule has 0 heterocycles. The lowest BCUT2D eigenvalue weighted by atomic mass is 10.1. The van der Waals surface area contributed by atoms with Crippen LogP contribution in [0.1, 0.15) is 19.3 Å². The largest absolute Gasteiger partial charge is 0.480 e. The predicted octanol–water partition coefficient (Wildman–Crippen LogP) is -0.521. The number of aliphatic carboxylic acids is 1. The molecule has 0 spiro atoms. The standard InChI is InChI=1S/C6H14N2O2.C2H3NO/c7-4-2-1-3-5(8)6(9)10;1-3-2-4/h5H,1-4,7-8H2,(H,9,10);1H3/t5-;/m0./s1. The molecular weight excluding hydrogens is 186 g/mol. The molecule has 0 aliphatic heterocycles. The van der Waals surface area contributed by atoms with Gasteiger partial charge in [-0.2, -0.15) is 0 Å². The Hall–Kier alpha value is -1.23. The zero-order valence-electron chi connectivity index (χ0n) is 8.27. The maximum absolute atomic E-state index is 10.1. The SMILES string of the molecule is CN=C=O.NCCCC[C@H](N)C(=O)O. The zero-order chi connectivity index (χ0) is 11.4. The minimum Gasteiger partial charge on any atom is -0.480 e. The molecule has 0 aliphatic carbocycles. The highest BCUT2D eigenvalue weighted by atomic mass is 16.4. The average molecular weight is 203 g/mol. The minimum atomic E-state index is -0.933. The fraction of sp³-hybridized carbons (Fsp3) is 0.750. The van der Waals surface area contributed by atoms with Gasteiger partial charge in [0, 0.05) is 7.05 Å². The average Bonchev–Trinajstić information content (AvgIpc) is 2.18. The second-order valence-electron chi connectivity index (χ2n) is 2.54. The number of isocyanates is 1. The van der Waals surface area contributed by atoms with Crippen LogP contribution in [-0.2, 0) is 9.59 Å². The van der Waals surface area contributed by atoms with E-state index < -0.39 is 12.0 Å². The lowest BCUT2D eigenvalue weighted by molar-refractivity contribution is -0.138. The van der Waals surface area contributed by atoms with Gasteiger partial charge in [0.25, 0.3) is 0 Å². The fourth-order valence-corrected chi connectivity index (χ4v) is 0.632. The zero-order valence-corrected chi connectivity index (χ0v) is 8.27. The summed E-state index contributed by atoms with van der Waals surface area (Å²) in [6.07, 6.45) is 3.47. The first-order valence-corrected chi connectivity index (χ1v) is 4.24. The summed E-state index contributed by atoms with van der Waals surface area (Å²) in [5.41, 5.74) is 10.4. The third kappa shape index (κ3) is 13.4. The highest BCUT2D eigenvalue weighted by Crippen LogP contribution is 1.96. The molecule has 0 saturated carbocycles. The van der Waals surface area contributed by atoms with Crippen molar-refractivity contribution in [3.63, 3.8) is 0 Å². The van der Waals surface area contributed by atoms with Gasteiger partial charge in [0.1, 0.15) is 6.04 Å². The molecular formula is C8H17N3O3. The highest BCUT2D eigenvalue weighted by Gasteiger charge is 2.09. The molecule has 0 aliphatic rings. The number of aliphatic imine (C=N–C) groups is 1. The summed E-state index contributed by atoms with van der Waals surface area (Å²) in [5, 5.41) is 8.33. The molecule has 82 valence electrons. The third-order valence-corrected chi connectivity index (χ3v) is 1.38. The number of nitrogens with two attached hydrogens (primary N) is 2. The number of hydrogen-bond donors (Lipinski definition) is 3. The van der Waals surface area contributed by atoms with E-state index >= 15 is 0 Å². The van der Waals surface area contributed by atoms with Gasteiger partial charge in [-0.05, 0) is 19.4 Å². The van der Waals surface area contributed by atoms with Crippen molar-refractivity contribution in [3.05, 3.63) is 0 Å². The molecule has 0 bridgehead atoms. The molecule has 1 atom stereocenters. The molecule has 5 N–H and O–H groups in total. The Bertz CT molecular complexity index is 190. The van der Waals surface area contributed by atoms with Gasteiger partial charge in [-0.15, -0.1) is 0 Å². The van der Waals surface area contributed by atoms with E-state index in [1.54, 1.807) is 0 Å². The van der Waals surface area contributed by atoms with Crippen LogP contribution in [0.5, 0.6) is 0 Å². The van der Waals surface area contributed by atoms with E-state index in [0.29, 0.717) is 13.0 Å². The summed E-state index contributed by atoms with van der Waals surface area (Å²) in [6.45, 7) is 0.604. The predicted molar refractivity (Wildman–Crippen MR) is 52.6 cm³/mol. The molecule has 0 aromatic heterocycles.